The normalized spacial score (nSPS) is 31.3. The van der Waals surface area contributed by atoms with E-state index in [0.717, 1.165) is 23.1 Å². The highest BCUT2D eigenvalue weighted by Crippen LogP contribution is 2.66. The third-order valence-corrected chi connectivity index (χ3v) is 10.1. The van der Waals surface area contributed by atoms with Gasteiger partial charge in [-0.25, -0.2) is 0 Å². The maximum absolute atomic E-state index is 13.4. The van der Waals surface area contributed by atoms with Crippen LogP contribution in [0.25, 0.3) is 6.08 Å². The van der Waals surface area contributed by atoms with E-state index >= 15 is 0 Å². The number of likely N-dealkylation sites (tertiary alicyclic amines) is 1. The summed E-state index contributed by atoms with van der Waals surface area (Å²) in [7, 11) is 1.76. The molecule has 1 amide bonds. The molecule has 3 aromatic rings. The Morgan fingerprint density at radius 3 is 2.83 bits per heavy atom. The lowest BCUT2D eigenvalue weighted by atomic mass is 9.47. The summed E-state index contributed by atoms with van der Waals surface area (Å²) in [5, 5.41) is 34.2. The van der Waals surface area contributed by atoms with Crippen LogP contribution in [-0.2, 0) is 23.1 Å². The molecule has 0 radical (unpaired) electrons. The predicted molar refractivity (Wildman–Crippen MR) is 151 cm³/mol. The molecule has 1 spiro atoms. The van der Waals surface area contributed by atoms with Crippen molar-refractivity contribution < 1.29 is 24.2 Å². The van der Waals surface area contributed by atoms with Crippen molar-refractivity contribution in [1.29, 1.82) is 5.26 Å². The van der Waals surface area contributed by atoms with Crippen molar-refractivity contribution in [3.8, 4) is 17.6 Å². The van der Waals surface area contributed by atoms with E-state index in [1.807, 2.05) is 24.3 Å². The van der Waals surface area contributed by atoms with E-state index in [0.29, 0.717) is 38.0 Å². The molecular formula is C33H33N3O5. The Morgan fingerprint density at radius 1 is 1.24 bits per heavy atom. The van der Waals surface area contributed by atoms with Crippen molar-refractivity contribution in [2.45, 2.75) is 67.3 Å². The number of carbonyl (C=O) groups is 1. The molecule has 3 unspecified atom stereocenters. The monoisotopic (exact) mass is 551 g/mol. The van der Waals surface area contributed by atoms with Gasteiger partial charge in [-0.3, -0.25) is 9.69 Å². The number of hydrogen-bond donors (Lipinski definition) is 2. The summed E-state index contributed by atoms with van der Waals surface area (Å²) in [5.74, 6) is 0.230. The van der Waals surface area contributed by atoms with Crippen LogP contribution in [0.2, 0.25) is 0 Å². The number of piperidine rings is 1. The second-order valence-corrected chi connectivity index (χ2v) is 11.9. The van der Waals surface area contributed by atoms with Gasteiger partial charge in [-0.1, -0.05) is 36.4 Å². The molecule has 8 nitrogen and oxygen atoms in total. The van der Waals surface area contributed by atoms with E-state index in [1.54, 1.807) is 42.7 Å². The van der Waals surface area contributed by atoms with Crippen LogP contribution in [0.3, 0.4) is 0 Å². The van der Waals surface area contributed by atoms with Crippen LogP contribution < -0.4 is 4.74 Å². The molecule has 8 heteroatoms. The number of hydrogen-bond acceptors (Lipinski definition) is 7. The van der Waals surface area contributed by atoms with Gasteiger partial charge in [-0.05, 0) is 61.4 Å². The third kappa shape index (κ3) is 3.69. The second-order valence-electron chi connectivity index (χ2n) is 11.9. The summed E-state index contributed by atoms with van der Waals surface area (Å²) in [6.45, 7) is 0.651. The molecule has 1 saturated heterocycles. The zero-order valence-corrected chi connectivity index (χ0v) is 22.9. The van der Waals surface area contributed by atoms with Gasteiger partial charge in [0.1, 0.15) is 6.10 Å². The molecule has 2 aliphatic heterocycles. The van der Waals surface area contributed by atoms with Gasteiger partial charge in [0.15, 0.2) is 11.5 Å². The SMILES string of the molecule is CN(C(=O)/C=C/c1ccoc1)C1CC[C@@]2(O)[C@H]3Cc4ccc(O)c5c4[C@@]2(CC(C#N)N3CCc2ccccc2)C1O5. The first-order chi connectivity index (χ1) is 19.9. The quantitative estimate of drug-likeness (QED) is 0.448. The molecule has 1 aromatic heterocycles. The Morgan fingerprint density at radius 2 is 2.07 bits per heavy atom. The largest absolute Gasteiger partial charge is 0.504 e. The lowest BCUT2D eigenvalue weighted by Crippen LogP contribution is -2.79. The molecule has 4 aliphatic rings. The number of rotatable bonds is 6. The molecule has 41 heavy (non-hydrogen) atoms. The van der Waals surface area contributed by atoms with Crippen LogP contribution >= 0.6 is 0 Å². The predicted octanol–water partition coefficient (Wildman–Crippen LogP) is 3.81. The number of aliphatic hydroxyl groups is 1. The Hall–Kier alpha value is -4.06. The van der Waals surface area contributed by atoms with E-state index < -0.39 is 23.2 Å². The third-order valence-electron chi connectivity index (χ3n) is 10.1. The fourth-order valence-corrected chi connectivity index (χ4v) is 8.19. The summed E-state index contributed by atoms with van der Waals surface area (Å²) in [4.78, 5) is 17.2. The van der Waals surface area contributed by atoms with Crippen LogP contribution in [0.4, 0.5) is 0 Å². The fraction of sp³-hybridized carbons (Fsp3) is 0.394. The van der Waals surface area contributed by atoms with Crippen molar-refractivity contribution in [2.75, 3.05) is 13.6 Å². The number of ether oxygens (including phenoxy) is 1. The number of carbonyl (C=O) groups excluding carboxylic acids is 1. The van der Waals surface area contributed by atoms with Gasteiger partial charge in [0.25, 0.3) is 0 Å². The molecule has 1 saturated carbocycles. The van der Waals surface area contributed by atoms with Crippen LogP contribution in [0, 0.1) is 11.3 Å². The number of phenolic OH excluding ortho intramolecular Hbond substituents is 1. The van der Waals surface area contributed by atoms with Gasteiger partial charge in [-0.2, -0.15) is 5.26 Å². The van der Waals surface area contributed by atoms with Crippen LogP contribution in [-0.4, -0.2) is 69.3 Å². The lowest BCUT2D eigenvalue weighted by molar-refractivity contribution is -0.206. The first-order valence-electron chi connectivity index (χ1n) is 14.3. The van der Waals surface area contributed by atoms with Gasteiger partial charge >= 0.3 is 0 Å². The standard InChI is InChI=1S/C33H33N3O5/c1-35(28(38)10-7-22-13-16-40-20-22)25-11-14-33(39)27-17-23-8-9-26(37)30-29(23)32(33,31(25)41-30)18-24(19-34)36(27)15-12-21-5-3-2-4-6-21/h2-10,13,16,20,24-25,27,31,37,39H,11-12,14-15,17-18H2,1H3/b10-7+/t24?,25?,27-,31?,32+,33-/m1/s1. The molecule has 7 rings (SSSR count). The first kappa shape index (κ1) is 25.9. The van der Waals surface area contributed by atoms with Crippen LogP contribution in [0.15, 0.2) is 71.6 Å². The molecule has 2 N–H and O–H groups in total. The van der Waals surface area contributed by atoms with E-state index in [9.17, 15) is 20.3 Å². The maximum atomic E-state index is 13.4. The zero-order valence-electron chi connectivity index (χ0n) is 22.9. The Kier molecular flexibility index (Phi) is 6.00. The zero-order chi connectivity index (χ0) is 28.4. The highest BCUT2D eigenvalue weighted by molar-refractivity contribution is 5.92. The molecule has 2 bridgehead atoms. The number of phenols is 1. The Balaban J connectivity index is 1.28. The van der Waals surface area contributed by atoms with Crippen molar-refractivity contribution in [3.05, 3.63) is 89.4 Å². The van der Waals surface area contributed by atoms with E-state index in [4.69, 9.17) is 9.15 Å². The molecule has 6 atom stereocenters. The van der Waals surface area contributed by atoms with Gasteiger partial charge in [0.05, 0.1) is 41.7 Å². The van der Waals surface area contributed by atoms with Crippen LogP contribution in [0.5, 0.6) is 11.5 Å². The van der Waals surface area contributed by atoms with Gasteiger partial charge < -0.3 is 24.3 Å². The summed E-state index contributed by atoms with van der Waals surface area (Å²) in [6, 6.07) is 17.0. The minimum absolute atomic E-state index is 0.0286. The lowest BCUT2D eigenvalue weighted by Gasteiger charge is -2.65. The minimum Gasteiger partial charge on any atom is -0.504 e. The molecule has 2 fully saturated rings. The first-order valence-corrected chi connectivity index (χ1v) is 14.3. The topological polar surface area (TPSA) is 110 Å². The Bertz CT molecular complexity index is 1550. The molecule has 2 aliphatic carbocycles. The summed E-state index contributed by atoms with van der Waals surface area (Å²) in [5.41, 5.74) is 1.73. The number of aromatic hydroxyl groups is 1. The smallest absolute Gasteiger partial charge is 0.246 e. The molecule has 210 valence electrons. The number of nitrogens with zero attached hydrogens (tertiary/aromatic N) is 3. The highest BCUT2D eigenvalue weighted by Gasteiger charge is 2.74. The highest BCUT2D eigenvalue weighted by atomic mass is 16.5. The molecule has 2 aromatic carbocycles. The number of nitriles is 1. The summed E-state index contributed by atoms with van der Waals surface area (Å²) in [6.07, 6.45) is 8.45. The average Bonchev–Trinajstić information content (AvgIpc) is 3.63. The molecule has 3 heterocycles. The van der Waals surface area contributed by atoms with Crippen molar-refractivity contribution in [1.82, 2.24) is 9.80 Å². The van der Waals surface area contributed by atoms with Crippen LogP contribution in [0.1, 0.15) is 41.5 Å². The fourth-order valence-electron chi connectivity index (χ4n) is 8.19. The minimum atomic E-state index is -1.18. The van der Waals surface area contributed by atoms with Gasteiger partial charge in [0, 0.05) is 36.8 Å². The maximum Gasteiger partial charge on any atom is 0.246 e. The van der Waals surface area contributed by atoms with E-state index in [2.05, 4.69) is 23.1 Å². The van der Waals surface area contributed by atoms with E-state index in [1.165, 1.54) is 11.6 Å². The average molecular weight is 552 g/mol. The summed E-state index contributed by atoms with van der Waals surface area (Å²) < 4.78 is 11.7. The number of furan rings is 1. The Labute approximate surface area is 239 Å². The number of amides is 1. The van der Waals surface area contributed by atoms with Crippen molar-refractivity contribution in [2.24, 2.45) is 0 Å². The molecular weight excluding hydrogens is 518 g/mol. The van der Waals surface area contributed by atoms with E-state index in [-0.39, 0.29) is 23.7 Å². The summed E-state index contributed by atoms with van der Waals surface area (Å²) >= 11 is 0. The second kappa shape index (κ2) is 9.51. The van der Waals surface area contributed by atoms with Gasteiger partial charge in [0.2, 0.25) is 5.91 Å². The number of likely N-dealkylation sites (N-methyl/N-ethyl adjacent to an activating group) is 1. The van der Waals surface area contributed by atoms with Crippen molar-refractivity contribution >= 4 is 12.0 Å². The van der Waals surface area contributed by atoms with Gasteiger partial charge in [-0.15, -0.1) is 0 Å². The van der Waals surface area contributed by atoms with Crippen molar-refractivity contribution in [3.63, 3.8) is 0 Å². The number of benzene rings is 2.